The second kappa shape index (κ2) is 5.14. The van der Waals surface area contributed by atoms with Crippen LogP contribution in [-0.2, 0) is 17.4 Å². The van der Waals surface area contributed by atoms with Crippen LogP contribution >= 0.6 is 0 Å². The Kier molecular flexibility index (Phi) is 4.11. The van der Waals surface area contributed by atoms with Crippen molar-refractivity contribution in [2.75, 3.05) is 13.7 Å². The average molecular weight is 219 g/mol. The van der Waals surface area contributed by atoms with Gasteiger partial charge in [0.2, 0.25) is 0 Å². The van der Waals surface area contributed by atoms with Gasteiger partial charge in [-0.15, -0.1) is 0 Å². The number of alkyl halides is 3. The third-order valence-corrected chi connectivity index (χ3v) is 1.89. The van der Waals surface area contributed by atoms with E-state index in [2.05, 4.69) is 5.48 Å². The van der Waals surface area contributed by atoms with Gasteiger partial charge in [0.1, 0.15) is 0 Å². The van der Waals surface area contributed by atoms with Gasteiger partial charge in [-0.05, 0) is 18.1 Å². The lowest BCUT2D eigenvalue weighted by Crippen LogP contribution is -2.11. The summed E-state index contributed by atoms with van der Waals surface area (Å²) in [7, 11) is 1.60. The maximum absolute atomic E-state index is 12.3. The van der Waals surface area contributed by atoms with E-state index in [0.29, 0.717) is 18.6 Å². The van der Waals surface area contributed by atoms with Gasteiger partial charge in [-0.25, -0.2) is 5.48 Å². The van der Waals surface area contributed by atoms with Crippen molar-refractivity contribution < 1.29 is 18.0 Å². The Balaban J connectivity index is 2.66. The number of hydrogen-bond acceptors (Lipinski definition) is 2. The SMILES string of the molecule is CNOCCc1cccc(C(F)(F)F)c1. The lowest BCUT2D eigenvalue weighted by molar-refractivity contribution is -0.137. The molecule has 0 heterocycles. The van der Waals surface area contributed by atoms with Crippen LogP contribution in [0.25, 0.3) is 0 Å². The molecule has 0 saturated heterocycles. The zero-order valence-corrected chi connectivity index (χ0v) is 8.27. The Labute approximate surface area is 86.0 Å². The Morgan fingerprint density at radius 2 is 2.07 bits per heavy atom. The highest BCUT2D eigenvalue weighted by molar-refractivity contribution is 5.25. The topological polar surface area (TPSA) is 21.3 Å². The molecule has 0 amide bonds. The van der Waals surface area contributed by atoms with E-state index in [1.165, 1.54) is 6.07 Å². The molecule has 0 aliphatic heterocycles. The van der Waals surface area contributed by atoms with E-state index in [1.54, 1.807) is 13.1 Å². The minimum Gasteiger partial charge on any atom is -0.302 e. The Morgan fingerprint density at radius 3 is 2.67 bits per heavy atom. The molecule has 0 saturated carbocycles. The van der Waals surface area contributed by atoms with Crippen LogP contribution in [0, 0.1) is 0 Å². The van der Waals surface area contributed by atoms with Crippen LogP contribution in [0.5, 0.6) is 0 Å². The minimum absolute atomic E-state index is 0.345. The third-order valence-electron chi connectivity index (χ3n) is 1.89. The fourth-order valence-electron chi connectivity index (χ4n) is 1.17. The summed E-state index contributed by atoms with van der Waals surface area (Å²) < 4.78 is 36.9. The minimum atomic E-state index is -4.28. The van der Waals surface area contributed by atoms with Crippen molar-refractivity contribution >= 4 is 0 Å². The lowest BCUT2D eigenvalue weighted by Gasteiger charge is -2.08. The second-order valence-corrected chi connectivity index (χ2v) is 3.00. The highest BCUT2D eigenvalue weighted by Crippen LogP contribution is 2.29. The predicted molar refractivity (Wildman–Crippen MR) is 50.2 cm³/mol. The molecule has 0 aliphatic carbocycles. The highest BCUT2D eigenvalue weighted by atomic mass is 19.4. The smallest absolute Gasteiger partial charge is 0.302 e. The molecular formula is C10H12F3NO. The van der Waals surface area contributed by atoms with Crippen LogP contribution in [0.15, 0.2) is 24.3 Å². The first-order valence-electron chi connectivity index (χ1n) is 4.48. The van der Waals surface area contributed by atoms with E-state index in [4.69, 9.17) is 4.84 Å². The molecule has 1 rings (SSSR count). The van der Waals surface area contributed by atoms with E-state index >= 15 is 0 Å². The average Bonchev–Trinajstić information content (AvgIpc) is 2.17. The Bertz CT molecular complexity index is 312. The zero-order valence-electron chi connectivity index (χ0n) is 8.27. The van der Waals surface area contributed by atoms with Gasteiger partial charge in [-0.3, -0.25) is 0 Å². The Morgan fingerprint density at radius 1 is 1.33 bits per heavy atom. The molecule has 84 valence electrons. The maximum atomic E-state index is 12.3. The largest absolute Gasteiger partial charge is 0.416 e. The summed E-state index contributed by atoms with van der Waals surface area (Å²) >= 11 is 0. The van der Waals surface area contributed by atoms with Crippen LogP contribution in [-0.4, -0.2) is 13.7 Å². The molecule has 15 heavy (non-hydrogen) atoms. The number of hydrogen-bond donors (Lipinski definition) is 1. The van der Waals surface area contributed by atoms with Gasteiger partial charge in [-0.1, -0.05) is 18.2 Å². The fourth-order valence-corrected chi connectivity index (χ4v) is 1.17. The van der Waals surface area contributed by atoms with Crippen molar-refractivity contribution in [3.05, 3.63) is 35.4 Å². The first-order valence-corrected chi connectivity index (χ1v) is 4.48. The summed E-state index contributed by atoms with van der Waals surface area (Å²) in [6.07, 6.45) is -3.83. The molecule has 0 atom stereocenters. The maximum Gasteiger partial charge on any atom is 0.416 e. The summed E-state index contributed by atoms with van der Waals surface area (Å²) in [5.41, 5.74) is 2.45. The summed E-state index contributed by atoms with van der Waals surface area (Å²) in [5, 5.41) is 0. The van der Waals surface area contributed by atoms with Crippen molar-refractivity contribution in [1.29, 1.82) is 0 Å². The fraction of sp³-hybridized carbons (Fsp3) is 0.400. The van der Waals surface area contributed by atoms with Crippen LogP contribution in [0.2, 0.25) is 0 Å². The summed E-state index contributed by atoms with van der Waals surface area (Å²) in [6, 6.07) is 5.24. The standard InChI is InChI=1S/C10H12F3NO/c1-14-15-6-5-8-3-2-4-9(7-8)10(11,12)13/h2-4,7,14H,5-6H2,1H3. The number of nitrogens with one attached hydrogen (secondary N) is 1. The molecule has 2 nitrogen and oxygen atoms in total. The first kappa shape index (κ1) is 12.0. The molecule has 1 aromatic rings. The highest BCUT2D eigenvalue weighted by Gasteiger charge is 2.30. The van der Waals surface area contributed by atoms with Gasteiger partial charge < -0.3 is 4.84 Å². The molecule has 5 heteroatoms. The monoisotopic (exact) mass is 219 g/mol. The quantitative estimate of drug-likeness (QED) is 0.620. The van der Waals surface area contributed by atoms with Crippen molar-refractivity contribution in [1.82, 2.24) is 5.48 Å². The van der Waals surface area contributed by atoms with Crippen molar-refractivity contribution in [3.63, 3.8) is 0 Å². The molecule has 0 aliphatic rings. The predicted octanol–water partition coefficient (Wildman–Crippen LogP) is 2.40. The van der Waals surface area contributed by atoms with E-state index < -0.39 is 11.7 Å². The van der Waals surface area contributed by atoms with Gasteiger partial charge in [0.25, 0.3) is 0 Å². The molecule has 0 aromatic heterocycles. The Hall–Kier alpha value is -1.07. The molecule has 1 aromatic carbocycles. The summed E-state index contributed by atoms with van der Waals surface area (Å²) in [5.74, 6) is 0. The molecule has 0 bridgehead atoms. The molecule has 0 unspecified atom stereocenters. The number of benzene rings is 1. The van der Waals surface area contributed by atoms with E-state index in [1.807, 2.05) is 0 Å². The normalized spacial score (nSPS) is 11.7. The molecule has 0 spiro atoms. The molecular weight excluding hydrogens is 207 g/mol. The zero-order chi connectivity index (χ0) is 11.3. The van der Waals surface area contributed by atoms with Gasteiger partial charge in [0, 0.05) is 7.05 Å². The summed E-state index contributed by atoms with van der Waals surface area (Å²) in [4.78, 5) is 4.83. The van der Waals surface area contributed by atoms with Gasteiger partial charge in [0.15, 0.2) is 0 Å². The second-order valence-electron chi connectivity index (χ2n) is 3.00. The molecule has 0 radical (unpaired) electrons. The van der Waals surface area contributed by atoms with Crippen LogP contribution < -0.4 is 5.48 Å². The van der Waals surface area contributed by atoms with Crippen molar-refractivity contribution in [2.45, 2.75) is 12.6 Å². The van der Waals surface area contributed by atoms with E-state index in [9.17, 15) is 13.2 Å². The number of hydroxylamine groups is 1. The number of rotatable bonds is 4. The first-order chi connectivity index (χ1) is 7.04. The van der Waals surface area contributed by atoms with E-state index in [0.717, 1.165) is 12.1 Å². The number of halogens is 3. The van der Waals surface area contributed by atoms with Crippen LogP contribution in [0.4, 0.5) is 13.2 Å². The summed E-state index contributed by atoms with van der Waals surface area (Å²) in [6.45, 7) is 0.345. The van der Waals surface area contributed by atoms with Gasteiger partial charge in [-0.2, -0.15) is 13.2 Å². The third kappa shape index (κ3) is 3.89. The van der Waals surface area contributed by atoms with Crippen LogP contribution in [0.3, 0.4) is 0 Å². The van der Waals surface area contributed by atoms with Gasteiger partial charge >= 0.3 is 6.18 Å². The molecule has 1 N–H and O–H groups in total. The van der Waals surface area contributed by atoms with E-state index in [-0.39, 0.29) is 0 Å². The lowest BCUT2D eigenvalue weighted by atomic mass is 10.1. The van der Waals surface area contributed by atoms with Gasteiger partial charge in [0.05, 0.1) is 12.2 Å². The van der Waals surface area contributed by atoms with Crippen LogP contribution in [0.1, 0.15) is 11.1 Å². The van der Waals surface area contributed by atoms with Crippen molar-refractivity contribution in [2.24, 2.45) is 0 Å². The van der Waals surface area contributed by atoms with Crippen molar-refractivity contribution in [3.8, 4) is 0 Å². The molecule has 0 fully saturated rings.